The van der Waals surface area contributed by atoms with Gasteiger partial charge in [0.25, 0.3) is 0 Å². The fourth-order valence-corrected chi connectivity index (χ4v) is 2.36. The Morgan fingerprint density at radius 2 is 1.79 bits per heavy atom. The highest BCUT2D eigenvalue weighted by Gasteiger charge is 2.12. The van der Waals surface area contributed by atoms with E-state index in [2.05, 4.69) is 64.7 Å². The van der Waals surface area contributed by atoms with Crippen molar-refractivity contribution in [2.75, 3.05) is 11.9 Å². The summed E-state index contributed by atoms with van der Waals surface area (Å²) in [7, 11) is 0. The third-order valence-corrected chi connectivity index (χ3v) is 4.15. The van der Waals surface area contributed by atoms with Crippen molar-refractivity contribution in [3.05, 3.63) is 51.9 Å². The van der Waals surface area contributed by atoms with Gasteiger partial charge in [0, 0.05) is 29.1 Å². The Balaban J connectivity index is 0.000000368. The normalized spacial score (nSPS) is 11.4. The first-order chi connectivity index (χ1) is 11.4. The first kappa shape index (κ1) is 18.1. The van der Waals surface area contributed by atoms with Crippen LogP contribution in [0, 0.1) is 12.8 Å². The van der Waals surface area contributed by atoms with Gasteiger partial charge < -0.3 is 10.1 Å². The van der Waals surface area contributed by atoms with Gasteiger partial charge in [-0.3, -0.25) is 0 Å². The molecule has 0 spiro atoms. The molecule has 2 nitrogen and oxygen atoms in total. The molecule has 1 aliphatic rings. The molecular weight excluding hydrogens is 294 g/mol. The molecule has 24 heavy (non-hydrogen) atoms. The highest BCUT2D eigenvalue weighted by molar-refractivity contribution is 5.69. The molecule has 1 heterocycles. The van der Waals surface area contributed by atoms with Crippen molar-refractivity contribution in [3.63, 3.8) is 0 Å². The van der Waals surface area contributed by atoms with Crippen LogP contribution >= 0.6 is 0 Å². The summed E-state index contributed by atoms with van der Waals surface area (Å²) in [6, 6.07) is 10.3. The summed E-state index contributed by atoms with van der Waals surface area (Å²) >= 11 is 0. The molecule has 0 amide bonds. The Bertz CT molecular complexity index is 805. The van der Waals surface area contributed by atoms with Crippen LogP contribution in [0.5, 0.6) is 11.5 Å². The molecule has 0 fully saturated rings. The van der Waals surface area contributed by atoms with Crippen LogP contribution in [-0.4, -0.2) is 6.54 Å². The van der Waals surface area contributed by atoms with E-state index < -0.39 is 0 Å². The highest BCUT2D eigenvalue weighted by Crippen LogP contribution is 2.32. The minimum Gasteiger partial charge on any atom is -0.456 e. The van der Waals surface area contributed by atoms with Gasteiger partial charge in [0.1, 0.15) is 11.5 Å². The molecule has 0 radical (unpaired) electrons. The van der Waals surface area contributed by atoms with Crippen molar-refractivity contribution < 1.29 is 4.74 Å². The lowest BCUT2D eigenvalue weighted by molar-refractivity contribution is 0.473. The maximum atomic E-state index is 5.99. The maximum absolute atomic E-state index is 5.99. The van der Waals surface area contributed by atoms with Gasteiger partial charge in [0.15, 0.2) is 0 Å². The standard InChI is InChI=1S/C17H17NO.C5H12/c1-4-18-15-10-17-14(8-12(15)3)9-13-6-5-11(2)7-16(13)19-17;1-4-5(2)3/h5-10,18H,2,4H2,1,3H3;5H,4H2,1-3H3. The molecule has 0 bridgehead atoms. The van der Waals surface area contributed by atoms with Crippen molar-refractivity contribution in [1.29, 1.82) is 0 Å². The van der Waals surface area contributed by atoms with Crippen LogP contribution in [-0.2, 0) is 0 Å². The number of anilines is 1. The van der Waals surface area contributed by atoms with E-state index in [-0.39, 0.29) is 0 Å². The van der Waals surface area contributed by atoms with E-state index in [9.17, 15) is 0 Å². The summed E-state index contributed by atoms with van der Waals surface area (Å²) in [5.41, 5.74) is 3.49. The van der Waals surface area contributed by atoms with E-state index in [0.717, 1.165) is 45.6 Å². The molecule has 0 atom stereocenters. The van der Waals surface area contributed by atoms with Gasteiger partial charge in [-0.1, -0.05) is 45.9 Å². The zero-order valence-corrected chi connectivity index (χ0v) is 15.6. The minimum atomic E-state index is 0.881. The van der Waals surface area contributed by atoms with E-state index in [1.54, 1.807) is 0 Å². The van der Waals surface area contributed by atoms with Crippen molar-refractivity contribution >= 4 is 18.3 Å². The summed E-state index contributed by atoms with van der Waals surface area (Å²) in [6.45, 7) is 15.7. The monoisotopic (exact) mass is 323 g/mol. The molecule has 1 aliphatic heterocycles. The number of benzene rings is 2. The quantitative estimate of drug-likeness (QED) is 0.746. The molecule has 2 heteroatoms. The molecule has 0 unspecified atom stereocenters. The first-order valence-corrected chi connectivity index (χ1v) is 8.81. The predicted octanol–water partition coefficient (Wildman–Crippen LogP) is 4.82. The molecule has 2 aromatic carbocycles. The molecule has 3 rings (SSSR count). The third kappa shape index (κ3) is 4.41. The second kappa shape index (κ2) is 8.05. The van der Waals surface area contributed by atoms with Crippen molar-refractivity contribution in [1.82, 2.24) is 0 Å². The summed E-state index contributed by atoms with van der Waals surface area (Å²) in [4.78, 5) is 0. The van der Waals surface area contributed by atoms with Gasteiger partial charge in [0.2, 0.25) is 0 Å². The molecule has 0 saturated heterocycles. The summed E-state index contributed by atoms with van der Waals surface area (Å²) in [6.07, 6.45) is 3.47. The van der Waals surface area contributed by atoms with Crippen molar-refractivity contribution in [3.8, 4) is 11.5 Å². The third-order valence-electron chi connectivity index (χ3n) is 4.15. The van der Waals surface area contributed by atoms with Crippen molar-refractivity contribution in [2.24, 2.45) is 5.92 Å². The highest BCUT2D eigenvalue weighted by atomic mass is 16.5. The molecular formula is C22H29NO. The SMILES string of the molecule is C=c1ccc2c(c1)Oc1cc(NCC)c(C)cc1C=2.CCC(C)C. The zero-order valence-electron chi connectivity index (χ0n) is 15.6. The second-order valence-electron chi connectivity index (χ2n) is 6.66. The van der Waals surface area contributed by atoms with Gasteiger partial charge in [-0.25, -0.2) is 0 Å². The topological polar surface area (TPSA) is 21.3 Å². The average Bonchev–Trinajstić information content (AvgIpc) is 2.55. The molecule has 1 N–H and O–H groups in total. The van der Waals surface area contributed by atoms with Crippen LogP contribution in [0.3, 0.4) is 0 Å². The van der Waals surface area contributed by atoms with E-state index >= 15 is 0 Å². The van der Waals surface area contributed by atoms with Crippen LogP contribution in [0.15, 0.2) is 30.3 Å². The summed E-state index contributed by atoms with van der Waals surface area (Å²) in [5.74, 6) is 2.67. The Labute approximate surface area is 145 Å². The van der Waals surface area contributed by atoms with Crippen molar-refractivity contribution in [2.45, 2.75) is 41.0 Å². The zero-order chi connectivity index (χ0) is 17.7. The largest absolute Gasteiger partial charge is 0.456 e. The number of ether oxygens (including phenoxy) is 1. The number of aryl methyl sites for hydroxylation is 1. The predicted molar refractivity (Wildman–Crippen MR) is 105 cm³/mol. The Kier molecular flexibility index (Phi) is 6.08. The van der Waals surface area contributed by atoms with E-state index in [1.165, 1.54) is 12.0 Å². The lowest BCUT2D eigenvalue weighted by atomic mass is 10.0. The number of fused-ring (bicyclic) bond motifs is 2. The molecule has 0 aromatic heterocycles. The van der Waals surface area contributed by atoms with Crippen LogP contribution < -0.4 is 20.5 Å². The number of hydrogen-bond donors (Lipinski definition) is 1. The number of hydrogen-bond acceptors (Lipinski definition) is 2. The van der Waals surface area contributed by atoms with Gasteiger partial charge in [0.05, 0.1) is 0 Å². The molecule has 2 aromatic rings. The first-order valence-electron chi connectivity index (χ1n) is 8.81. The Morgan fingerprint density at radius 1 is 1.08 bits per heavy atom. The Morgan fingerprint density at radius 3 is 2.42 bits per heavy atom. The van der Waals surface area contributed by atoms with Gasteiger partial charge in [-0.15, -0.1) is 0 Å². The lowest BCUT2D eigenvalue weighted by Crippen LogP contribution is -2.14. The molecule has 0 aliphatic carbocycles. The Hall–Kier alpha value is -2.22. The lowest BCUT2D eigenvalue weighted by Gasteiger charge is -2.18. The van der Waals surface area contributed by atoms with Gasteiger partial charge >= 0.3 is 0 Å². The van der Waals surface area contributed by atoms with Crippen LogP contribution in [0.2, 0.25) is 0 Å². The van der Waals surface area contributed by atoms with Crippen LogP contribution in [0.1, 0.15) is 45.2 Å². The van der Waals surface area contributed by atoms with Crippen LogP contribution in [0.4, 0.5) is 5.69 Å². The maximum Gasteiger partial charge on any atom is 0.136 e. The molecule has 128 valence electrons. The summed E-state index contributed by atoms with van der Waals surface area (Å²) < 4.78 is 5.99. The second-order valence-corrected chi connectivity index (χ2v) is 6.66. The minimum absolute atomic E-state index is 0.881. The van der Waals surface area contributed by atoms with Gasteiger partial charge in [-0.05, 0) is 48.8 Å². The number of rotatable bonds is 3. The average molecular weight is 323 g/mol. The fraction of sp³-hybridized carbons (Fsp3) is 0.364. The van der Waals surface area contributed by atoms with E-state index in [1.807, 2.05) is 18.2 Å². The summed E-state index contributed by atoms with van der Waals surface area (Å²) in [5, 5.41) is 5.43. The van der Waals surface area contributed by atoms with E-state index in [0.29, 0.717) is 0 Å². The fourth-order valence-electron chi connectivity index (χ4n) is 2.36. The van der Waals surface area contributed by atoms with Crippen LogP contribution in [0.25, 0.3) is 12.7 Å². The smallest absolute Gasteiger partial charge is 0.136 e. The molecule has 0 saturated carbocycles. The number of nitrogens with one attached hydrogen (secondary N) is 1. The van der Waals surface area contributed by atoms with E-state index in [4.69, 9.17) is 4.74 Å². The van der Waals surface area contributed by atoms with Gasteiger partial charge in [-0.2, -0.15) is 0 Å².